The van der Waals surface area contributed by atoms with Crippen LogP contribution < -0.4 is 5.43 Å². The van der Waals surface area contributed by atoms with Gasteiger partial charge in [0.05, 0.1) is 0 Å². The molecule has 2 rings (SSSR count). The lowest BCUT2D eigenvalue weighted by Crippen LogP contribution is -2.35. The van der Waals surface area contributed by atoms with Crippen molar-refractivity contribution in [2.45, 2.75) is 39.7 Å². The van der Waals surface area contributed by atoms with Crippen molar-refractivity contribution in [3.05, 3.63) is 0 Å². The van der Waals surface area contributed by atoms with Crippen molar-refractivity contribution < 1.29 is 0 Å². The van der Waals surface area contributed by atoms with Gasteiger partial charge in [0.2, 0.25) is 0 Å². The molecular weight excluding hydrogens is 148 g/mol. The van der Waals surface area contributed by atoms with Gasteiger partial charge >= 0.3 is 0 Å². The van der Waals surface area contributed by atoms with E-state index in [-0.39, 0.29) is 0 Å². The average molecular weight is 168 g/mol. The van der Waals surface area contributed by atoms with E-state index in [1.165, 1.54) is 25.9 Å². The second-order valence-electron chi connectivity index (χ2n) is 5.24. The van der Waals surface area contributed by atoms with E-state index in [4.69, 9.17) is 0 Å². The summed E-state index contributed by atoms with van der Waals surface area (Å²) in [7, 11) is 0. The summed E-state index contributed by atoms with van der Waals surface area (Å²) in [6.45, 7) is 9.54. The minimum atomic E-state index is 0.469. The monoisotopic (exact) mass is 168 g/mol. The molecule has 12 heavy (non-hydrogen) atoms. The fourth-order valence-electron chi connectivity index (χ4n) is 2.64. The van der Waals surface area contributed by atoms with Gasteiger partial charge in [-0.3, -0.25) is 5.43 Å². The molecule has 0 bridgehead atoms. The molecule has 2 nitrogen and oxygen atoms in total. The van der Waals surface area contributed by atoms with E-state index in [0.29, 0.717) is 5.41 Å². The number of fused-ring (bicyclic) bond motifs is 1. The summed E-state index contributed by atoms with van der Waals surface area (Å²) in [6, 6.07) is 0.824. The normalized spacial score (nSPS) is 37.2. The van der Waals surface area contributed by atoms with E-state index < -0.39 is 0 Å². The number of nitrogens with one attached hydrogen (secondary N) is 1. The summed E-state index contributed by atoms with van der Waals surface area (Å²) in [6.07, 6.45) is 2.78. The van der Waals surface area contributed by atoms with Crippen LogP contribution in [0.4, 0.5) is 0 Å². The van der Waals surface area contributed by atoms with Gasteiger partial charge in [-0.2, -0.15) is 0 Å². The third kappa shape index (κ3) is 1.27. The molecule has 2 heterocycles. The lowest BCUT2D eigenvalue weighted by molar-refractivity contribution is 0.175. The Labute approximate surface area is 75.3 Å². The van der Waals surface area contributed by atoms with Gasteiger partial charge in [-0.05, 0) is 24.2 Å². The van der Waals surface area contributed by atoms with Gasteiger partial charge in [0, 0.05) is 19.1 Å². The highest BCUT2D eigenvalue weighted by atomic mass is 15.6. The van der Waals surface area contributed by atoms with Crippen molar-refractivity contribution in [2.75, 3.05) is 13.1 Å². The van der Waals surface area contributed by atoms with Gasteiger partial charge in [0.15, 0.2) is 0 Å². The Bertz CT molecular complexity index is 171. The van der Waals surface area contributed by atoms with Crippen LogP contribution in [0.3, 0.4) is 0 Å². The first-order valence-corrected chi connectivity index (χ1v) is 5.09. The van der Waals surface area contributed by atoms with Crippen molar-refractivity contribution >= 4 is 0 Å². The van der Waals surface area contributed by atoms with E-state index in [9.17, 15) is 0 Å². The molecule has 2 aliphatic heterocycles. The van der Waals surface area contributed by atoms with Crippen LogP contribution >= 0.6 is 0 Å². The fraction of sp³-hybridized carbons (Fsp3) is 1.00. The number of rotatable bonds is 0. The van der Waals surface area contributed by atoms with Crippen molar-refractivity contribution in [3.63, 3.8) is 0 Å². The summed E-state index contributed by atoms with van der Waals surface area (Å²) in [5, 5.41) is 2.45. The molecule has 0 amide bonds. The van der Waals surface area contributed by atoms with Crippen LogP contribution in [0.2, 0.25) is 0 Å². The SMILES string of the molecule is CC(C)(C)C1CNN2CCCC12. The van der Waals surface area contributed by atoms with Crippen molar-refractivity contribution in [3.8, 4) is 0 Å². The highest BCUT2D eigenvalue weighted by Gasteiger charge is 2.42. The van der Waals surface area contributed by atoms with Crippen LogP contribution in [-0.4, -0.2) is 24.1 Å². The topological polar surface area (TPSA) is 15.3 Å². The number of nitrogens with zero attached hydrogens (tertiary/aromatic N) is 1. The van der Waals surface area contributed by atoms with Crippen LogP contribution in [-0.2, 0) is 0 Å². The zero-order valence-corrected chi connectivity index (χ0v) is 8.43. The average Bonchev–Trinajstić information content (AvgIpc) is 2.37. The summed E-state index contributed by atoms with van der Waals surface area (Å²) in [5.41, 5.74) is 3.98. The van der Waals surface area contributed by atoms with Gasteiger partial charge in [-0.15, -0.1) is 0 Å². The maximum Gasteiger partial charge on any atom is 0.0289 e. The summed E-state index contributed by atoms with van der Waals surface area (Å²) in [4.78, 5) is 0. The Morgan fingerprint density at radius 2 is 2.08 bits per heavy atom. The standard InChI is InChI=1S/C10H20N2/c1-10(2,3)8-7-11-12-6-4-5-9(8)12/h8-9,11H,4-7H2,1-3H3. The minimum absolute atomic E-state index is 0.469. The van der Waals surface area contributed by atoms with E-state index in [1.807, 2.05) is 0 Å². The molecule has 2 unspecified atom stereocenters. The van der Waals surface area contributed by atoms with E-state index in [2.05, 4.69) is 31.2 Å². The summed E-state index contributed by atoms with van der Waals surface area (Å²) >= 11 is 0. The third-order valence-corrected chi connectivity index (χ3v) is 3.39. The predicted molar refractivity (Wildman–Crippen MR) is 50.7 cm³/mol. The number of hydrogen-bond donors (Lipinski definition) is 1. The maximum atomic E-state index is 3.51. The highest BCUT2D eigenvalue weighted by Crippen LogP contribution is 2.37. The molecule has 2 fully saturated rings. The third-order valence-electron chi connectivity index (χ3n) is 3.39. The molecule has 2 atom stereocenters. The summed E-state index contributed by atoms with van der Waals surface area (Å²) < 4.78 is 0. The van der Waals surface area contributed by atoms with Gasteiger partial charge in [-0.1, -0.05) is 20.8 Å². The Morgan fingerprint density at radius 1 is 1.33 bits per heavy atom. The molecule has 0 aliphatic carbocycles. The van der Waals surface area contributed by atoms with Gasteiger partial charge in [0.1, 0.15) is 0 Å². The Kier molecular flexibility index (Phi) is 1.92. The highest BCUT2D eigenvalue weighted by molar-refractivity contribution is 4.94. The van der Waals surface area contributed by atoms with Gasteiger partial charge < -0.3 is 0 Å². The molecule has 0 saturated carbocycles. The molecule has 0 aromatic rings. The zero-order chi connectivity index (χ0) is 8.77. The molecular formula is C10H20N2. The molecule has 0 aromatic carbocycles. The maximum absolute atomic E-state index is 3.51. The van der Waals surface area contributed by atoms with E-state index in [0.717, 1.165) is 12.0 Å². The molecule has 2 aliphatic rings. The van der Waals surface area contributed by atoms with Gasteiger partial charge in [0.25, 0.3) is 0 Å². The molecule has 70 valence electrons. The van der Waals surface area contributed by atoms with Crippen molar-refractivity contribution in [1.82, 2.24) is 10.4 Å². The smallest absolute Gasteiger partial charge is 0.0289 e. The zero-order valence-electron chi connectivity index (χ0n) is 8.43. The second kappa shape index (κ2) is 2.71. The van der Waals surface area contributed by atoms with Crippen LogP contribution in [0.15, 0.2) is 0 Å². The quantitative estimate of drug-likeness (QED) is 0.591. The van der Waals surface area contributed by atoms with Gasteiger partial charge in [-0.25, -0.2) is 5.01 Å². The Hall–Kier alpha value is -0.0800. The lowest BCUT2D eigenvalue weighted by Gasteiger charge is -2.30. The first kappa shape index (κ1) is 8.52. The first-order chi connectivity index (χ1) is 5.59. The number of hydrogen-bond acceptors (Lipinski definition) is 2. The molecule has 0 radical (unpaired) electrons. The molecule has 1 N–H and O–H groups in total. The Morgan fingerprint density at radius 3 is 2.75 bits per heavy atom. The van der Waals surface area contributed by atoms with Crippen LogP contribution in [0.1, 0.15) is 33.6 Å². The van der Waals surface area contributed by atoms with Crippen molar-refractivity contribution in [1.29, 1.82) is 0 Å². The Balaban J connectivity index is 2.09. The summed E-state index contributed by atoms with van der Waals surface area (Å²) in [5.74, 6) is 0.847. The first-order valence-electron chi connectivity index (χ1n) is 5.09. The predicted octanol–water partition coefficient (Wildman–Crippen LogP) is 1.63. The fourth-order valence-corrected chi connectivity index (χ4v) is 2.64. The van der Waals surface area contributed by atoms with E-state index in [1.54, 1.807) is 0 Å². The molecule has 2 heteroatoms. The molecule has 0 spiro atoms. The minimum Gasteiger partial charge on any atom is -0.255 e. The van der Waals surface area contributed by atoms with Crippen LogP contribution in [0.25, 0.3) is 0 Å². The lowest BCUT2D eigenvalue weighted by atomic mass is 9.76. The molecule has 2 saturated heterocycles. The van der Waals surface area contributed by atoms with E-state index >= 15 is 0 Å². The molecule has 0 aromatic heterocycles. The number of hydrazine groups is 1. The van der Waals surface area contributed by atoms with Crippen LogP contribution in [0, 0.1) is 11.3 Å². The van der Waals surface area contributed by atoms with Crippen LogP contribution in [0.5, 0.6) is 0 Å². The largest absolute Gasteiger partial charge is 0.255 e. The van der Waals surface area contributed by atoms with Crippen molar-refractivity contribution in [2.24, 2.45) is 11.3 Å². The second-order valence-corrected chi connectivity index (χ2v) is 5.24.